The van der Waals surface area contributed by atoms with Crippen molar-refractivity contribution in [3.63, 3.8) is 0 Å². The van der Waals surface area contributed by atoms with Crippen molar-refractivity contribution in [3.05, 3.63) is 0 Å². The third-order valence-corrected chi connectivity index (χ3v) is 3.90. The highest BCUT2D eigenvalue weighted by molar-refractivity contribution is 5.85. The van der Waals surface area contributed by atoms with Gasteiger partial charge in [-0.2, -0.15) is 0 Å². The van der Waals surface area contributed by atoms with Gasteiger partial charge in [-0.1, -0.05) is 0 Å². The Hall–Kier alpha value is -0.320. The molecular formula is C13H25ClN2O2. The van der Waals surface area contributed by atoms with Gasteiger partial charge in [-0.25, -0.2) is 0 Å². The number of nitrogens with zero attached hydrogens (tertiary/aromatic N) is 1. The standard InChI is InChI=1S/C13H24N2O2.ClH/c1-9-6-12(4-5-14-9)13(16)15-10(2)7-17-8-11(15)3;/h9-12,14H,4-8H2,1-3H3;1H/t9-,10?,11?,12-;/m0./s1. The van der Waals surface area contributed by atoms with Crippen molar-refractivity contribution >= 4 is 18.3 Å². The number of halogens is 1. The zero-order valence-corrected chi connectivity index (χ0v) is 12.3. The molecule has 0 aromatic rings. The Bertz CT molecular complexity index is 278. The van der Waals surface area contributed by atoms with E-state index in [0.717, 1.165) is 19.4 Å². The molecule has 2 saturated heterocycles. The number of morpholine rings is 1. The summed E-state index contributed by atoms with van der Waals surface area (Å²) in [5, 5.41) is 3.40. The van der Waals surface area contributed by atoms with Crippen molar-refractivity contribution in [2.45, 2.75) is 51.7 Å². The molecule has 1 amide bonds. The fraction of sp³-hybridized carbons (Fsp3) is 0.923. The maximum atomic E-state index is 12.6. The second-order valence-electron chi connectivity index (χ2n) is 5.56. The molecule has 0 aromatic carbocycles. The summed E-state index contributed by atoms with van der Waals surface area (Å²) in [7, 11) is 0. The van der Waals surface area contributed by atoms with Gasteiger partial charge in [0.15, 0.2) is 0 Å². The quantitative estimate of drug-likeness (QED) is 0.788. The van der Waals surface area contributed by atoms with Crippen LogP contribution in [0.3, 0.4) is 0 Å². The Balaban J connectivity index is 0.00000162. The first kappa shape index (κ1) is 15.7. The summed E-state index contributed by atoms with van der Waals surface area (Å²) in [5.41, 5.74) is 0. The van der Waals surface area contributed by atoms with Crippen LogP contribution in [0.2, 0.25) is 0 Å². The van der Waals surface area contributed by atoms with E-state index in [2.05, 4.69) is 26.1 Å². The van der Waals surface area contributed by atoms with E-state index in [4.69, 9.17) is 4.74 Å². The monoisotopic (exact) mass is 276 g/mol. The summed E-state index contributed by atoms with van der Waals surface area (Å²) < 4.78 is 5.48. The van der Waals surface area contributed by atoms with Gasteiger partial charge in [-0.15, -0.1) is 12.4 Å². The van der Waals surface area contributed by atoms with E-state index < -0.39 is 0 Å². The van der Waals surface area contributed by atoms with Crippen molar-refractivity contribution in [2.75, 3.05) is 19.8 Å². The molecule has 5 heteroatoms. The molecular weight excluding hydrogens is 252 g/mol. The van der Waals surface area contributed by atoms with Gasteiger partial charge in [0.1, 0.15) is 0 Å². The molecule has 1 N–H and O–H groups in total. The topological polar surface area (TPSA) is 41.6 Å². The second-order valence-corrected chi connectivity index (χ2v) is 5.56. The van der Waals surface area contributed by atoms with E-state index in [1.54, 1.807) is 0 Å². The summed E-state index contributed by atoms with van der Waals surface area (Å²) in [5.74, 6) is 0.538. The molecule has 0 radical (unpaired) electrons. The fourth-order valence-corrected chi connectivity index (χ4v) is 3.01. The Kier molecular flexibility index (Phi) is 5.89. The molecule has 2 fully saturated rings. The first-order valence-electron chi connectivity index (χ1n) is 6.73. The van der Waals surface area contributed by atoms with Crippen molar-refractivity contribution in [3.8, 4) is 0 Å². The van der Waals surface area contributed by atoms with Crippen LogP contribution in [0.5, 0.6) is 0 Å². The lowest BCUT2D eigenvalue weighted by Crippen LogP contribution is -2.55. The van der Waals surface area contributed by atoms with Gasteiger partial charge in [0.05, 0.1) is 25.3 Å². The maximum absolute atomic E-state index is 12.6. The largest absolute Gasteiger partial charge is 0.377 e. The first-order valence-corrected chi connectivity index (χ1v) is 6.73. The lowest BCUT2D eigenvalue weighted by molar-refractivity contribution is -0.149. The number of carbonyl (C=O) groups is 1. The van der Waals surface area contributed by atoms with Crippen molar-refractivity contribution in [1.82, 2.24) is 10.2 Å². The molecule has 2 aliphatic heterocycles. The molecule has 18 heavy (non-hydrogen) atoms. The number of carbonyl (C=O) groups excluding carboxylic acids is 1. The van der Waals surface area contributed by atoms with Crippen LogP contribution < -0.4 is 5.32 Å². The summed E-state index contributed by atoms with van der Waals surface area (Å²) in [6.07, 6.45) is 1.94. The molecule has 0 saturated carbocycles. The number of nitrogens with one attached hydrogen (secondary N) is 1. The van der Waals surface area contributed by atoms with Gasteiger partial charge in [0.25, 0.3) is 0 Å². The molecule has 0 aromatic heterocycles. The minimum atomic E-state index is 0. The molecule has 2 aliphatic rings. The predicted molar refractivity (Wildman–Crippen MR) is 74.0 cm³/mol. The molecule has 0 spiro atoms. The van der Waals surface area contributed by atoms with Gasteiger partial charge >= 0.3 is 0 Å². The maximum Gasteiger partial charge on any atom is 0.226 e. The third-order valence-electron chi connectivity index (χ3n) is 3.90. The lowest BCUT2D eigenvalue weighted by Gasteiger charge is -2.42. The van der Waals surface area contributed by atoms with Crippen LogP contribution in [-0.4, -0.2) is 48.7 Å². The SMILES string of the molecule is CC1COCC(C)N1C(=O)[C@H]1CCN[C@@H](C)C1.Cl. The van der Waals surface area contributed by atoms with E-state index in [1.807, 2.05) is 4.90 Å². The highest BCUT2D eigenvalue weighted by atomic mass is 35.5. The van der Waals surface area contributed by atoms with Crippen molar-refractivity contribution < 1.29 is 9.53 Å². The highest BCUT2D eigenvalue weighted by Crippen LogP contribution is 2.23. The van der Waals surface area contributed by atoms with Gasteiger partial charge in [-0.05, 0) is 40.2 Å². The molecule has 0 bridgehead atoms. The van der Waals surface area contributed by atoms with Crippen molar-refractivity contribution in [2.24, 2.45) is 5.92 Å². The minimum absolute atomic E-state index is 0. The molecule has 2 heterocycles. The Morgan fingerprint density at radius 3 is 2.39 bits per heavy atom. The molecule has 4 nitrogen and oxygen atoms in total. The average Bonchev–Trinajstić information content (AvgIpc) is 2.28. The normalized spacial score (nSPS) is 36.9. The lowest BCUT2D eigenvalue weighted by atomic mass is 9.91. The number of rotatable bonds is 1. The van der Waals surface area contributed by atoms with Crippen LogP contribution in [-0.2, 0) is 9.53 Å². The van der Waals surface area contributed by atoms with Gasteiger partial charge < -0.3 is 15.0 Å². The minimum Gasteiger partial charge on any atom is -0.377 e. The van der Waals surface area contributed by atoms with Crippen LogP contribution >= 0.6 is 12.4 Å². The van der Waals surface area contributed by atoms with Crippen LogP contribution in [0.1, 0.15) is 33.6 Å². The smallest absolute Gasteiger partial charge is 0.226 e. The Morgan fingerprint density at radius 1 is 1.22 bits per heavy atom. The van der Waals surface area contributed by atoms with Crippen LogP contribution in [0, 0.1) is 5.92 Å². The summed E-state index contributed by atoms with van der Waals surface area (Å²) in [4.78, 5) is 14.6. The van der Waals surface area contributed by atoms with Crippen LogP contribution in [0.4, 0.5) is 0 Å². The summed E-state index contributed by atoms with van der Waals surface area (Å²) >= 11 is 0. The molecule has 106 valence electrons. The van der Waals surface area contributed by atoms with E-state index in [1.165, 1.54) is 0 Å². The van der Waals surface area contributed by atoms with Crippen LogP contribution in [0.15, 0.2) is 0 Å². The zero-order valence-electron chi connectivity index (χ0n) is 11.5. The number of amides is 1. The fourth-order valence-electron chi connectivity index (χ4n) is 3.01. The molecule has 2 rings (SSSR count). The molecule has 2 unspecified atom stereocenters. The van der Waals surface area contributed by atoms with Gasteiger partial charge in [0, 0.05) is 12.0 Å². The second kappa shape index (κ2) is 6.73. The van der Waals surface area contributed by atoms with E-state index in [-0.39, 0.29) is 30.4 Å². The number of hydrogen-bond donors (Lipinski definition) is 1. The predicted octanol–water partition coefficient (Wildman–Crippen LogP) is 1.43. The van der Waals surface area contributed by atoms with Crippen LogP contribution in [0.25, 0.3) is 0 Å². The Morgan fingerprint density at radius 2 is 1.83 bits per heavy atom. The van der Waals surface area contributed by atoms with Crippen molar-refractivity contribution in [1.29, 1.82) is 0 Å². The first-order chi connectivity index (χ1) is 8.09. The van der Waals surface area contributed by atoms with Gasteiger partial charge in [-0.3, -0.25) is 4.79 Å². The van der Waals surface area contributed by atoms with Gasteiger partial charge in [0.2, 0.25) is 5.91 Å². The van der Waals surface area contributed by atoms with E-state index >= 15 is 0 Å². The van der Waals surface area contributed by atoms with E-state index in [9.17, 15) is 4.79 Å². The zero-order chi connectivity index (χ0) is 12.4. The summed E-state index contributed by atoms with van der Waals surface area (Å²) in [6, 6.07) is 0.900. The molecule has 0 aliphatic carbocycles. The Labute approximate surface area is 116 Å². The molecule has 4 atom stereocenters. The number of piperidine rings is 1. The summed E-state index contributed by atoms with van der Waals surface area (Å²) in [6.45, 7) is 8.64. The van der Waals surface area contributed by atoms with E-state index in [0.29, 0.717) is 25.2 Å². The number of ether oxygens (including phenoxy) is 1. The average molecular weight is 277 g/mol. The third kappa shape index (κ3) is 3.37. The highest BCUT2D eigenvalue weighted by Gasteiger charge is 2.35. The number of hydrogen-bond acceptors (Lipinski definition) is 3.